The van der Waals surface area contributed by atoms with Crippen molar-refractivity contribution in [3.8, 4) is 22.3 Å². The van der Waals surface area contributed by atoms with Crippen molar-refractivity contribution in [2.45, 2.75) is 67.7 Å². The zero-order chi connectivity index (χ0) is 43.1. The first-order chi connectivity index (χ1) is 29.7. The Kier molecular flexibility index (Phi) is 13.3. The van der Waals surface area contributed by atoms with Gasteiger partial charge in [-0.1, -0.05) is 217 Å². The minimum absolute atomic E-state index is 0.0134. The summed E-state index contributed by atoms with van der Waals surface area (Å²) in [6, 6.07) is 37.5. The van der Waals surface area contributed by atoms with Crippen molar-refractivity contribution in [3.05, 3.63) is 226 Å². The first kappa shape index (κ1) is 42.9. The second-order valence-electron chi connectivity index (χ2n) is 16.9. The quantitative estimate of drug-likeness (QED) is 0.154. The second kappa shape index (κ2) is 19.0. The second-order valence-corrected chi connectivity index (χ2v) is 16.9. The third kappa shape index (κ3) is 8.82. The van der Waals surface area contributed by atoms with Crippen molar-refractivity contribution in [2.75, 3.05) is 0 Å². The SMILES string of the molecule is C=C/C=C1/C2=C(CCC=C2)C(C)(C)/C1=C/C(C)C1=c2ccc(-c3ccc(/C=C\C)c(C=C)c3)cc2=CC2CC=CC=C12.CC.Cc1cccc(-c2ccc3ccccc3c2)c1. The molecule has 0 radical (unpaired) electrons. The standard InChI is InChI=1S/C42H42.C17H14.C2H6/c1-7-14-30-20-21-31(25-29(30)9-3)32-22-23-36-34(26-32)27-33-16-10-11-17-35(33)41(36)28(4)24-40-37(15-8-2)38-18-12-13-19-39(38)42(40,5)6;1-13-5-4-8-15(11-13)17-10-9-14-6-2-3-7-16(14)12-17;1-2/h7-12,14-15,17-18,20-28,33H,2-3,13,16,19H2,1,4-6H3;2-12H,1H3;1-2H3/b14-7-,37-15-,40-24+;;. The monoisotopic (exact) mass is 794 g/mol. The van der Waals surface area contributed by atoms with Gasteiger partial charge >= 0.3 is 0 Å². The van der Waals surface area contributed by atoms with Crippen LogP contribution in [0, 0.1) is 24.2 Å². The van der Waals surface area contributed by atoms with E-state index >= 15 is 0 Å². The summed E-state index contributed by atoms with van der Waals surface area (Å²) in [4.78, 5) is 0. The molecule has 61 heavy (non-hydrogen) atoms. The first-order valence-electron chi connectivity index (χ1n) is 22.3. The van der Waals surface area contributed by atoms with Crippen molar-refractivity contribution in [2.24, 2.45) is 17.3 Å². The van der Waals surface area contributed by atoms with Crippen LogP contribution in [0.4, 0.5) is 0 Å². The van der Waals surface area contributed by atoms with Crippen LogP contribution in [0.25, 0.3) is 56.8 Å². The van der Waals surface area contributed by atoms with Gasteiger partial charge in [0, 0.05) is 17.3 Å². The summed E-state index contributed by atoms with van der Waals surface area (Å²) in [7, 11) is 0. The van der Waals surface area contributed by atoms with E-state index in [1.54, 1.807) is 5.57 Å². The molecule has 0 saturated heterocycles. The number of fused-ring (bicyclic) bond motifs is 3. The van der Waals surface area contributed by atoms with Crippen molar-refractivity contribution in [1.29, 1.82) is 0 Å². The molecule has 0 amide bonds. The van der Waals surface area contributed by atoms with Gasteiger partial charge in [-0.3, -0.25) is 0 Å². The molecule has 0 spiro atoms. The summed E-state index contributed by atoms with van der Waals surface area (Å²) < 4.78 is 0. The Morgan fingerprint density at radius 2 is 1.51 bits per heavy atom. The van der Waals surface area contributed by atoms with Crippen molar-refractivity contribution in [3.63, 3.8) is 0 Å². The lowest BCUT2D eigenvalue weighted by Gasteiger charge is -2.30. The Bertz CT molecular complexity index is 2830. The van der Waals surface area contributed by atoms with Crippen LogP contribution in [0.5, 0.6) is 0 Å². The van der Waals surface area contributed by atoms with E-state index < -0.39 is 0 Å². The van der Waals surface area contributed by atoms with Crippen LogP contribution in [-0.4, -0.2) is 0 Å². The number of hydrogen-bond acceptors (Lipinski definition) is 0. The summed E-state index contributed by atoms with van der Waals surface area (Å²) >= 11 is 0. The number of allylic oxidation sites excluding steroid dienone is 14. The molecule has 2 atom stereocenters. The summed E-state index contributed by atoms with van der Waals surface area (Å²) in [5.41, 5.74) is 17.4. The van der Waals surface area contributed by atoms with Gasteiger partial charge < -0.3 is 0 Å². The Labute approximate surface area is 366 Å². The molecule has 4 aliphatic carbocycles. The normalized spacial score (nSPS) is 18.9. The van der Waals surface area contributed by atoms with Gasteiger partial charge in [0.1, 0.15) is 0 Å². The molecular weight excluding hydrogens is 733 g/mol. The Morgan fingerprint density at radius 3 is 2.28 bits per heavy atom. The van der Waals surface area contributed by atoms with Crippen LogP contribution in [0.3, 0.4) is 0 Å². The van der Waals surface area contributed by atoms with Gasteiger partial charge in [0.2, 0.25) is 0 Å². The van der Waals surface area contributed by atoms with E-state index in [9.17, 15) is 0 Å². The Morgan fingerprint density at radius 1 is 0.770 bits per heavy atom. The van der Waals surface area contributed by atoms with Crippen molar-refractivity contribution in [1.82, 2.24) is 0 Å². The van der Waals surface area contributed by atoms with Gasteiger partial charge in [-0.2, -0.15) is 0 Å². The topological polar surface area (TPSA) is 0 Å². The molecule has 0 fully saturated rings. The van der Waals surface area contributed by atoms with E-state index in [0.29, 0.717) is 5.92 Å². The first-order valence-corrected chi connectivity index (χ1v) is 22.3. The number of benzene rings is 5. The molecule has 2 unspecified atom stereocenters. The zero-order valence-corrected chi connectivity index (χ0v) is 37.4. The lowest BCUT2D eigenvalue weighted by atomic mass is 9.74. The molecule has 306 valence electrons. The Hall–Kier alpha value is -6.24. The van der Waals surface area contributed by atoms with Gasteiger partial charge in [0.15, 0.2) is 0 Å². The van der Waals surface area contributed by atoms with Crippen LogP contribution in [0.2, 0.25) is 0 Å². The third-order valence-electron chi connectivity index (χ3n) is 12.7. The highest BCUT2D eigenvalue weighted by atomic mass is 14.4. The molecule has 0 heteroatoms. The maximum Gasteiger partial charge on any atom is 0.0118 e. The molecule has 0 bridgehead atoms. The molecule has 0 nitrogen and oxygen atoms in total. The maximum absolute atomic E-state index is 4.07. The van der Waals surface area contributed by atoms with E-state index in [0.717, 1.165) is 24.8 Å². The molecule has 4 aliphatic rings. The van der Waals surface area contributed by atoms with Crippen molar-refractivity contribution < 1.29 is 0 Å². The molecule has 0 saturated carbocycles. The highest BCUT2D eigenvalue weighted by Gasteiger charge is 2.40. The summed E-state index contributed by atoms with van der Waals surface area (Å²) in [6.07, 6.45) is 30.3. The molecule has 5 aromatic rings. The van der Waals surface area contributed by atoms with Gasteiger partial charge in [-0.25, -0.2) is 0 Å². The summed E-state index contributed by atoms with van der Waals surface area (Å²) in [5.74, 6) is 0.673. The van der Waals surface area contributed by atoms with Crippen LogP contribution >= 0.6 is 0 Å². The smallest absolute Gasteiger partial charge is 0.0118 e. The van der Waals surface area contributed by atoms with Crippen LogP contribution in [-0.2, 0) is 0 Å². The van der Waals surface area contributed by atoms with E-state index in [4.69, 9.17) is 0 Å². The van der Waals surface area contributed by atoms with E-state index in [-0.39, 0.29) is 11.3 Å². The van der Waals surface area contributed by atoms with Crippen LogP contribution in [0.1, 0.15) is 77.5 Å². The maximum atomic E-state index is 4.07. The van der Waals surface area contributed by atoms with E-state index in [1.165, 1.54) is 82.5 Å². The molecule has 9 rings (SSSR count). The van der Waals surface area contributed by atoms with Gasteiger partial charge in [-0.15, -0.1) is 0 Å². The average molecular weight is 795 g/mol. The number of hydrogen-bond donors (Lipinski definition) is 0. The van der Waals surface area contributed by atoms with Crippen LogP contribution in [0.15, 0.2) is 199 Å². The summed E-state index contributed by atoms with van der Waals surface area (Å²) in [5, 5.41) is 5.30. The predicted molar refractivity (Wildman–Crippen MR) is 269 cm³/mol. The largest absolute Gasteiger partial charge is 0.0990 e. The van der Waals surface area contributed by atoms with E-state index in [2.05, 4.69) is 212 Å². The molecule has 5 aromatic carbocycles. The van der Waals surface area contributed by atoms with Crippen LogP contribution < -0.4 is 10.4 Å². The van der Waals surface area contributed by atoms with E-state index in [1.807, 2.05) is 26.0 Å². The fourth-order valence-electron chi connectivity index (χ4n) is 9.70. The number of aryl methyl sites for hydroxylation is 1. The fraction of sp³-hybridized carbons (Fsp3) is 0.213. The van der Waals surface area contributed by atoms with Crippen molar-refractivity contribution >= 4 is 34.6 Å². The highest BCUT2D eigenvalue weighted by Crippen LogP contribution is 2.54. The summed E-state index contributed by atoms with van der Waals surface area (Å²) in [6.45, 7) is 23.5. The van der Waals surface area contributed by atoms with Gasteiger partial charge in [0.25, 0.3) is 0 Å². The van der Waals surface area contributed by atoms with Gasteiger partial charge in [0.05, 0.1) is 0 Å². The minimum atomic E-state index is 0.0134. The fourth-order valence-corrected chi connectivity index (χ4v) is 9.70. The Balaban J connectivity index is 0.000000245. The predicted octanol–water partition coefficient (Wildman–Crippen LogP) is 15.7. The molecule has 0 heterocycles. The number of rotatable bonds is 7. The highest BCUT2D eigenvalue weighted by molar-refractivity contribution is 5.87. The average Bonchev–Trinajstić information content (AvgIpc) is 3.50. The molecule has 0 aromatic heterocycles. The molecule has 0 aliphatic heterocycles. The lowest BCUT2D eigenvalue weighted by Crippen LogP contribution is -2.35. The van der Waals surface area contributed by atoms with Gasteiger partial charge in [-0.05, 0) is 134 Å². The minimum Gasteiger partial charge on any atom is -0.0990 e. The third-order valence-corrected chi connectivity index (χ3v) is 12.7. The molecular formula is C61H62. The lowest BCUT2D eigenvalue weighted by molar-refractivity contribution is 0.534. The zero-order valence-electron chi connectivity index (χ0n) is 37.4. The molecule has 0 N–H and O–H groups in total.